The smallest absolute Gasteiger partial charge is 0.138 e. The van der Waals surface area contributed by atoms with Gasteiger partial charge in [-0.1, -0.05) is 19.1 Å². The molecule has 68 valence electrons. The van der Waals surface area contributed by atoms with Crippen LogP contribution in [0.15, 0.2) is 18.2 Å². The zero-order valence-corrected chi connectivity index (χ0v) is 7.49. The second kappa shape index (κ2) is 3.92. The first-order valence-corrected chi connectivity index (χ1v) is 4.18. The molecule has 0 aliphatic carbocycles. The zero-order chi connectivity index (χ0) is 9.84. The second-order valence-corrected chi connectivity index (χ2v) is 2.87. The molecular weight excluding hydrogens is 164 g/mol. The number of hydrogen-bond donors (Lipinski definition) is 2. The molecule has 0 spiro atoms. The van der Waals surface area contributed by atoms with E-state index in [-0.39, 0.29) is 17.4 Å². The number of phenols is 1. The van der Waals surface area contributed by atoms with Gasteiger partial charge in [-0.3, -0.25) is 0 Å². The second-order valence-electron chi connectivity index (χ2n) is 2.87. The van der Waals surface area contributed by atoms with Gasteiger partial charge in [-0.05, 0) is 12.5 Å². The van der Waals surface area contributed by atoms with Gasteiger partial charge in [0, 0.05) is 11.6 Å². The molecule has 3 N–H and O–H groups in total. The van der Waals surface area contributed by atoms with Gasteiger partial charge in [0.05, 0.1) is 5.56 Å². The van der Waals surface area contributed by atoms with Gasteiger partial charge in [-0.15, -0.1) is 0 Å². The van der Waals surface area contributed by atoms with Crippen LogP contribution in [0.2, 0.25) is 0 Å². The Morgan fingerprint density at radius 1 is 1.62 bits per heavy atom. The molecule has 0 aliphatic rings. The molecule has 0 radical (unpaired) electrons. The molecule has 0 unspecified atom stereocenters. The largest absolute Gasteiger partial charge is 0.506 e. The van der Waals surface area contributed by atoms with Crippen LogP contribution in [0.3, 0.4) is 0 Å². The Labute approximate surface area is 77.4 Å². The van der Waals surface area contributed by atoms with E-state index >= 15 is 0 Å². The third kappa shape index (κ3) is 1.79. The monoisotopic (exact) mass is 176 g/mol. The summed E-state index contributed by atoms with van der Waals surface area (Å²) in [5, 5.41) is 18.2. The SMILES string of the molecule is CC[C@@H](N)c1cccc(C#N)c1O. The van der Waals surface area contributed by atoms with E-state index in [9.17, 15) is 5.11 Å². The van der Waals surface area contributed by atoms with Crippen molar-refractivity contribution in [3.63, 3.8) is 0 Å². The zero-order valence-electron chi connectivity index (χ0n) is 7.49. The summed E-state index contributed by atoms with van der Waals surface area (Å²) in [6.45, 7) is 1.93. The van der Waals surface area contributed by atoms with E-state index in [1.165, 1.54) is 0 Å². The molecule has 13 heavy (non-hydrogen) atoms. The van der Waals surface area contributed by atoms with Crippen molar-refractivity contribution in [2.75, 3.05) is 0 Å². The predicted molar refractivity (Wildman–Crippen MR) is 50.0 cm³/mol. The molecule has 0 aliphatic heterocycles. The molecule has 1 atom stereocenters. The number of nitrogens with zero attached hydrogens (tertiary/aromatic N) is 1. The van der Waals surface area contributed by atoms with Gasteiger partial charge in [-0.25, -0.2) is 0 Å². The van der Waals surface area contributed by atoms with E-state index in [1.807, 2.05) is 13.0 Å². The van der Waals surface area contributed by atoms with Crippen molar-refractivity contribution >= 4 is 0 Å². The van der Waals surface area contributed by atoms with Crippen molar-refractivity contribution in [3.05, 3.63) is 29.3 Å². The van der Waals surface area contributed by atoms with Crippen LogP contribution in [0.1, 0.15) is 30.5 Å². The molecule has 1 aromatic carbocycles. The number of aromatic hydroxyl groups is 1. The van der Waals surface area contributed by atoms with E-state index < -0.39 is 0 Å². The third-order valence-electron chi connectivity index (χ3n) is 2.03. The van der Waals surface area contributed by atoms with Gasteiger partial charge in [-0.2, -0.15) is 5.26 Å². The summed E-state index contributed by atoms with van der Waals surface area (Å²) in [4.78, 5) is 0. The molecule has 3 nitrogen and oxygen atoms in total. The molecule has 0 fully saturated rings. The molecule has 1 rings (SSSR count). The standard InChI is InChI=1S/C10H12N2O/c1-2-9(12)8-5-3-4-7(6-11)10(8)13/h3-5,9,13H,2,12H2,1H3/t9-/m1/s1. The number of phenolic OH excluding ortho intramolecular Hbond substituents is 1. The molecule has 3 heteroatoms. The predicted octanol–water partition coefficient (Wildman–Crippen LogP) is 1.67. The Balaban J connectivity index is 3.17. The fourth-order valence-electron chi connectivity index (χ4n) is 1.17. The lowest BCUT2D eigenvalue weighted by atomic mass is 10.0. The molecule has 0 bridgehead atoms. The normalized spacial score (nSPS) is 12.1. The van der Waals surface area contributed by atoms with Gasteiger partial charge < -0.3 is 10.8 Å². The van der Waals surface area contributed by atoms with Crippen LogP contribution in [0.5, 0.6) is 5.75 Å². The van der Waals surface area contributed by atoms with Crippen molar-refractivity contribution in [2.45, 2.75) is 19.4 Å². The molecule has 0 aromatic heterocycles. The third-order valence-corrected chi connectivity index (χ3v) is 2.03. The maximum Gasteiger partial charge on any atom is 0.138 e. The Morgan fingerprint density at radius 3 is 2.85 bits per heavy atom. The van der Waals surface area contributed by atoms with Gasteiger partial charge >= 0.3 is 0 Å². The average molecular weight is 176 g/mol. The van der Waals surface area contributed by atoms with E-state index in [2.05, 4.69) is 0 Å². The Kier molecular flexibility index (Phi) is 2.88. The maximum absolute atomic E-state index is 9.59. The van der Waals surface area contributed by atoms with Crippen molar-refractivity contribution in [2.24, 2.45) is 5.73 Å². The highest BCUT2D eigenvalue weighted by molar-refractivity contribution is 5.48. The Bertz CT molecular complexity index is 341. The molecule has 0 amide bonds. The highest BCUT2D eigenvalue weighted by Crippen LogP contribution is 2.27. The van der Waals surface area contributed by atoms with Crippen LogP contribution >= 0.6 is 0 Å². The number of nitrogens with two attached hydrogens (primary N) is 1. The summed E-state index contributed by atoms with van der Waals surface area (Å²) in [5.41, 5.74) is 6.67. The summed E-state index contributed by atoms with van der Waals surface area (Å²) < 4.78 is 0. The topological polar surface area (TPSA) is 70.0 Å². The summed E-state index contributed by atoms with van der Waals surface area (Å²) in [6, 6.07) is 6.74. The molecule has 0 saturated heterocycles. The maximum atomic E-state index is 9.59. The lowest BCUT2D eigenvalue weighted by Gasteiger charge is -2.11. The summed E-state index contributed by atoms with van der Waals surface area (Å²) >= 11 is 0. The Morgan fingerprint density at radius 2 is 2.31 bits per heavy atom. The molecule has 1 aromatic rings. The minimum atomic E-state index is -0.201. The van der Waals surface area contributed by atoms with E-state index in [0.29, 0.717) is 5.56 Å². The van der Waals surface area contributed by atoms with Crippen molar-refractivity contribution in [3.8, 4) is 11.8 Å². The summed E-state index contributed by atoms with van der Waals surface area (Å²) in [6.07, 6.45) is 0.739. The van der Waals surface area contributed by atoms with Crippen LogP contribution in [-0.2, 0) is 0 Å². The summed E-state index contributed by atoms with van der Waals surface area (Å²) in [7, 11) is 0. The van der Waals surface area contributed by atoms with Gasteiger partial charge in [0.1, 0.15) is 11.8 Å². The van der Waals surface area contributed by atoms with Crippen LogP contribution in [0.25, 0.3) is 0 Å². The number of benzene rings is 1. The average Bonchev–Trinajstić information content (AvgIpc) is 2.17. The fourth-order valence-corrected chi connectivity index (χ4v) is 1.17. The lowest BCUT2D eigenvalue weighted by molar-refractivity contribution is 0.458. The molecule has 0 heterocycles. The van der Waals surface area contributed by atoms with E-state index in [4.69, 9.17) is 11.0 Å². The minimum Gasteiger partial charge on any atom is -0.506 e. The van der Waals surface area contributed by atoms with Gasteiger partial charge in [0.25, 0.3) is 0 Å². The van der Waals surface area contributed by atoms with Crippen LogP contribution < -0.4 is 5.73 Å². The first-order valence-electron chi connectivity index (χ1n) is 4.18. The van der Waals surface area contributed by atoms with Crippen molar-refractivity contribution < 1.29 is 5.11 Å². The molecule has 0 saturated carbocycles. The summed E-state index contributed by atoms with van der Waals surface area (Å²) in [5.74, 6) is 0.0133. The number of hydrogen-bond acceptors (Lipinski definition) is 3. The lowest BCUT2D eigenvalue weighted by Crippen LogP contribution is -2.09. The quantitative estimate of drug-likeness (QED) is 0.720. The Hall–Kier alpha value is -1.53. The number of nitriles is 1. The number of rotatable bonds is 2. The van der Waals surface area contributed by atoms with E-state index in [0.717, 1.165) is 6.42 Å². The van der Waals surface area contributed by atoms with Crippen molar-refractivity contribution in [1.82, 2.24) is 0 Å². The minimum absolute atomic E-state index is 0.0133. The van der Waals surface area contributed by atoms with Gasteiger partial charge in [0.15, 0.2) is 0 Å². The van der Waals surface area contributed by atoms with Crippen LogP contribution in [0, 0.1) is 11.3 Å². The van der Waals surface area contributed by atoms with Crippen LogP contribution in [-0.4, -0.2) is 5.11 Å². The van der Waals surface area contributed by atoms with E-state index in [1.54, 1.807) is 18.2 Å². The highest BCUT2D eigenvalue weighted by Gasteiger charge is 2.11. The van der Waals surface area contributed by atoms with Crippen LogP contribution in [0.4, 0.5) is 0 Å². The van der Waals surface area contributed by atoms with Crippen molar-refractivity contribution in [1.29, 1.82) is 5.26 Å². The highest BCUT2D eigenvalue weighted by atomic mass is 16.3. The first-order chi connectivity index (χ1) is 6.20. The number of para-hydroxylation sites is 1. The first kappa shape index (κ1) is 9.56. The van der Waals surface area contributed by atoms with Gasteiger partial charge in [0.2, 0.25) is 0 Å². The fraction of sp³-hybridized carbons (Fsp3) is 0.300. The molecular formula is C10H12N2O.